The molecule has 0 radical (unpaired) electrons. The highest BCUT2D eigenvalue weighted by molar-refractivity contribution is 6.31. The van der Waals surface area contributed by atoms with E-state index in [2.05, 4.69) is 29.4 Å². The average Bonchev–Trinajstić information content (AvgIpc) is 2.78. The van der Waals surface area contributed by atoms with Gasteiger partial charge in [-0.05, 0) is 18.2 Å². The van der Waals surface area contributed by atoms with Crippen molar-refractivity contribution < 1.29 is 4.39 Å². The Hall–Kier alpha value is -1.39. The third-order valence-corrected chi connectivity index (χ3v) is 2.92. The Kier molecular flexibility index (Phi) is 3.99. The second-order valence-electron chi connectivity index (χ2n) is 4.43. The van der Waals surface area contributed by atoms with E-state index in [1.165, 1.54) is 6.07 Å². The average molecular weight is 268 g/mol. The summed E-state index contributed by atoms with van der Waals surface area (Å²) in [7, 11) is 0. The monoisotopic (exact) mass is 267 g/mol. The van der Waals surface area contributed by atoms with E-state index in [0.29, 0.717) is 12.6 Å². The Bertz CT molecular complexity index is 537. The normalized spacial score (nSPS) is 11.2. The second-order valence-corrected chi connectivity index (χ2v) is 4.84. The van der Waals surface area contributed by atoms with E-state index >= 15 is 0 Å². The van der Waals surface area contributed by atoms with Crippen molar-refractivity contribution in [3.05, 3.63) is 40.8 Å². The molecule has 0 aliphatic carbocycles. The maximum Gasteiger partial charge on any atom is 0.141 e. The highest BCUT2D eigenvalue weighted by Crippen LogP contribution is 2.25. The lowest BCUT2D eigenvalue weighted by Gasteiger charge is -2.08. The van der Waals surface area contributed by atoms with Gasteiger partial charge in [0.2, 0.25) is 0 Å². The SMILES string of the molecule is CC(C)NCc1cn[nH]c1-c1ccc(F)c(Cl)c1. The molecule has 18 heavy (non-hydrogen) atoms. The van der Waals surface area contributed by atoms with Gasteiger partial charge in [0.15, 0.2) is 0 Å². The Morgan fingerprint density at radius 3 is 2.89 bits per heavy atom. The van der Waals surface area contributed by atoms with Gasteiger partial charge in [-0.2, -0.15) is 5.10 Å². The van der Waals surface area contributed by atoms with Gasteiger partial charge in [0.05, 0.1) is 16.9 Å². The summed E-state index contributed by atoms with van der Waals surface area (Å²) in [6.45, 7) is 4.86. The summed E-state index contributed by atoms with van der Waals surface area (Å²) >= 11 is 5.79. The predicted molar refractivity (Wildman–Crippen MR) is 71.0 cm³/mol. The molecule has 1 aromatic carbocycles. The van der Waals surface area contributed by atoms with Crippen molar-refractivity contribution in [2.75, 3.05) is 0 Å². The van der Waals surface area contributed by atoms with Crippen molar-refractivity contribution >= 4 is 11.6 Å². The van der Waals surface area contributed by atoms with Crippen molar-refractivity contribution in [2.24, 2.45) is 0 Å². The zero-order chi connectivity index (χ0) is 13.1. The van der Waals surface area contributed by atoms with Crippen LogP contribution in [0, 0.1) is 5.82 Å². The van der Waals surface area contributed by atoms with Crippen molar-refractivity contribution in [1.29, 1.82) is 0 Å². The van der Waals surface area contributed by atoms with E-state index in [1.807, 2.05) is 0 Å². The summed E-state index contributed by atoms with van der Waals surface area (Å²) < 4.78 is 13.1. The van der Waals surface area contributed by atoms with Gasteiger partial charge in [0, 0.05) is 23.7 Å². The lowest BCUT2D eigenvalue weighted by Crippen LogP contribution is -2.21. The van der Waals surface area contributed by atoms with Crippen molar-refractivity contribution in [2.45, 2.75) is 26.4 Å². The van der Waals surface area contributed by atoms with Gasteiger partial charge in [0.25, 0.3) is 0 Å². The summed E-state index contributed by atoms with van der Waals surface area (Å²) in [5, 5.41) is 10.4. The number of aromatic nitrogens is 2. The number of halogens is 2. The minimum atomic E-state index is -0.415. The van der Waals surface area contributed by atoms with E-state index in [0.717, 1.165) is 16.8 Å². The van der Waals surface area contributed by atoms with E-state index in [4.69, 9.17) is 11.6 Å². The fraction of sp³-hybridized carbons (Fsp3) is 0.308. The van der Waals surface area contributed by atoms with Crippen molar-refractivity contribution in [1.82, 2.24) is 15.5 Å². The van der Waals surface area contributed by atoms with Crippen LogP contribution in [0.4, 0.5) is 4.39 Å². The lowest BCUT2D eigenvalue weighted by molar-refractivity contribution is 0.589. The first-order valence-electron chi connectivity index (χ1n) is 5.79. The molecular formula is C13H15ClFN3. The van der Waals surface area contributed by atoms with Gasteiger partial charge >= 0.3 is 0 Å². The molecule has 0 aliphatic heterocycles. The van der Waals surface area contributed by atoms with E-state index in [-0.39, 0.29) is 5.02 Å². The Labute approximate surface area is 110 Å². The van der Waals surface area contributed by atoms with Crippen molar-refractivity contribution in [3.63, 3.8) is 0 Å². The second kappa shape index (κ2) is 5.50. The first kappa shape index (κ1) is 13.1. The molecule has 1 aromatic heterocycles. The first-order valence-corrected chi connectivity index (χ1v) is 6.16. The molecule has 1 heterocycles. The summed E-state index contributed by atoms with van der Waals surface area (Å²) in [4.78, 5) is 0. The molecular weight excluding hydrogens is 253 g/mol. The van der Waals surface area contributed by atoms with Gasteiger partial charge in [0.1, 0.15) is 5.82 Å². The summed E-state index contributed by atoms with van der Waals surface area (Å²) in [6.07, 6.45) is 1.77. The molecule has 2 aromatic rings. The molecule has 2 N–H and O–H groups in total. The number of nitrogens with one attached hydrogen (secondary N) is 2. The third kappa shape index (κ3) is 2.89. The molecule has 3 nitrogen and oxygen atoms in total. The van der Waals surface area contributed by atoms with Crippen LogP contribution in [0.15, 0.2) is 24.4 Å². The molecule has 5 heteroatoms. The van der Waals surface area contributed by atoms with Crippen LogP contribution in [-0.2, 0) is 6.54 Å². The molecule has 0 atom stereocenters. The highest BCUT2D eigenvalue weighted by Gasteiger charge is 2.10. The Morgan fingerprint density at radius 1 is 1.44 bits per heavy atom. The number of H-pyrrole nitrogens is 1. The maximum absolute atomic E-state index is 13.1. The van der Waals surface area contributed by atoms with Crippen LogP contribution in [0.2, 0.25) is 5.02 Å². The lowest BCUT2D eigenvalue weighted by atomic mass is 10.1. The number of aromatic amines is 1. The van der Waals surface area contributed by atoms with Crippen LogP contribution in [0.1, 0.15) is 19.4 Å². The van der Waals surface area contributed by atoms with Crippen LogP contribution < -0.4 is 5.32 Å². The number of benzene rings is 1. The molecule has 0 fully saturated rings. The highest BCUT2D eigenvalue weighted by atomic mass is 35.5. The minimum Gasteiger partial charge on any atom is -0.310 e. The maximum atomic E-state index is 13.1. The molecule has 0 saturated carbocycles. The van der Waals surface area contributed by atoms with E-state index < -0.39 is 5.82 Å². The van der Waals surface area contributed by atoms with Gasteiger partial charge in [-0.25, -0.2) is 4.39 Å². The fourth-order valence-corrected chi connectivity index (χ4v) is 1.84. The minimum absolute atomic E-state index is 0.116. The molecule has 96 valence electrons. The summed E-state index contributed by atoms with van der Waals surface area (Å²) in [6, 6.07) is 5.04. The molecule has 0 aliphatic rings. The van der Waals surface area contributed by atoms with Crippen LogP contribution in [0.3, 0.4) is 0 Å². The number of hydrogen-bond donors (Lipinski definition) is 2. The quantitative estimate of drug-likeness (QED) is 0.892. The van der Waals surface area contributed by atoms with Gasteiger partial charge in [-0.1, -0.05) is 25.4 Å². The van der Waals surface area contributed by atoms with Gasteiger partial charge in [-0.15, -0.1) is 0 Å². The number of nitrogens with zero attached hydrogens (tertiary/aromatic N) is 1. The van der Waals surface area contributed by atoms with Crippen LogP contribution >= 0.6 is 11.6 Å². The molecule has 2 rings (SSSR count). The third-order valence-electron chi connectivity index (χ3n) is 2.63. The Morgan fingerprint density at radius 2 is 2.22 bits per heavy atom. The van der Waals surface area contributed by atoms with E-state index in [1.54, 1.807) is 18.3 Å². The van der Waals surface area contributed by atoms with Crippen LogP contribution in [0.5, 0.6) is 0 Å². The van der Waals surface area contributed by atoms with Crippen molar-refractivity contribution in [3.8, 4) is 11.3 Å². The smallest absolute Gasteiger partial charge is 0.141 e. The predicted octanol–water partition coefficient (Wildman–Crippen LogP) is 3.37. The molecule has 0 spiro atoms. The topological polar surface area (TPSA) is 40.7 Å². The van der Waals surface area contributed by atoms with Crippen LogP contribution in [0.25, 0.3) is 11.3 Å². The number of hydrogen-bond acceptors (Lipinski definition) is 2. The number of rotatable bonds is 4. The van der Waals surface area contributed by atoms with Crippen LogP contribution in [-0.4, -0.2) is 16.2 Å². The molecule has 0 saturated heterocycles. The molecule has 0 unspecified atom stereocenters. The molecule has 0 amide bonds. The summed E-state index contributed by atoms with van der Waals surface area (Å²) in [5.74, 6) is -0.415. The molecule has 0 bridgehead atoms. The van der Waals surface area contributed by atoms with E-state index in [9.17, 15) is 4.39 Å². The Balaban J connectivity index is 2.27. The standard InChI is InChI=1S/C13H15ClFN3/c1-8(2)16-6-10-7-17-18-13(10)9-3-4-12(15)11(14)5-9/h3-5,7-8,16H,6H2,1-2H3,(H,17,18). The van der Waals surface area contributed by atoms with Gasteiger partial charge in [-0.3, -0.25) is 5.10 Å². The summed E-state index contributed by atoms with van der Waals surface area (Å²) in [5.41, 5.74) is 2.73. The zero-order valence-corrected chi connectivity index (χ0v) is 11.1. The fourth-order valence-electron chi connectivity index (χ4n) is 1.66. The zero-order valence-electron chi connectivity index (χ0n) is 10.3. The first-order chi connectivity index (χ1) is 8.58. The van der Waals surface area contributed by atoms with Gasteiger partial charge < -0.3 is 5.32 Å². The largest absolute Gasteiger partial charge is 0.310 e.